The standard InChI is InChI=1S/C30H50O3/c1-25(2)11-12-27(5)13-14-29(7)18(19(27)16-25)15-20(31)23-28(6)17-21(32)24(33)26(3,4)22(28)9-10-30(23,29)8/h20-24,31-33H,9-17H2,1-8H3/t20-,21-,22+,23+,24+,27-,28+,29-,30-/m1/s1. The number of fused-ring (bicyclic) bond motifs is 6. The first-order chi connectivity index (χ1) is 15.0. The third-order valence-electron chi connectivity index (χ3n) is 12.8. The van der Waals surface area contributed by atoms with Gasteiger partial charge in [0.25, 0.3) is 0 Å². The Morgan fingerprint density at radius 1 is 0.727 bits per heavy atom. The van der Waals surface area contributed by atoms with Crippen LogP contribution in [0.25, 0.3) is 0 Å². The summed E-state index contributed by atoms with van der Waals surface area (Å²) in [6, 6.07) is 0. The van der Waals surface area contributed by atoms with Crippen LogP contribution in [0.1, 0.15) is 113 Å². The second kappa shape index (κ2) is 6.88. The van der Waals surface area contributed by atoms with Crippen LogP contribution >= 0.6 is 0 Å². The largest absolute Gasteiger partial charge is 0.392 e. The van der Waals surface area contributed by atoms with Crippen molar-refractivity contribution < 1.29 is 15.3 Å². The smallest absolute Gasteiger partial charge is 0.0852 e. The molecule has 0 aromatic heterocycles. The highest BCUT2D eigenvalue weighted by Crippen LogP contribution is 2.75. The van der Waals surface area contributed by atoms with E-state index in [-0.39, 0.29) is 33.7 Å². The van der Waals surface area contributed by atoms with Gasteiger partial charge in [-0.1, -0.05) is 66.5 Å². The summed E-state index contributed by atoms with van der Waals surface area (Å²) in [5.74, 6) is 0.469. The summed E-state index contributed by atoms with van der Waals surface area (Å²) in [6.45, 7) is 19.0. The second-order valence-electron chi connectivity index (χ2n) is 15.5. The Labute approximate surface area is 202 Å². The van der Waals surface area contributed by atoms with E-state index in [4.69, 9.17) is 0 Å². The number of allylic oxidation sites excluding steroid dienone is 1. The molecule has 9 atom stereocenters. The fourth-order valence-corrected chi connectivity index (χ4v) is 10.7. The van der Waals surface area contributed by atoms with Gasteiger partial charge in [0.2, 0.25) is 0 Å². The molecule has 3 heteroatoms. The molecule has 33 heavy (non-hydrogen) atoms. The fourth-order valence-electron chi connectivity index (χ4n) is 10.7. The van der Waals surface area contributed by atoms with Crippen molar-refractivity contribution in [3.05, 3.63) is 11.1 Å². The molecule has 188 valence electrons. The van der Waals surface area contributed by atoms with E-state index in [0.717, 1.165) is 19.3 Å². The Morgan fingerprint density at radius 3 is 2.03 bits per heavy atom. The molecule has 0 saturated heterocycles. The lowest BCUT2D eigenvalue weighted by molar-refractivity contribution is -0.253. The van der Waals surface area contributed by atoms with Gasteiger partial charge in [-0.05, 0) is 102 Å². The van der Waals surface area contributed by atoms with Crippen molar-refractivity contribution in [2.45, 2.75) is 131 Å². The van der Waals surface area contributed by atoms with Gasteiger partial charge >= 0.3 is 0 Å². The van der Waals surface area contributed by atoms with E-state index in [9.17, 15) is 15.3 Å². The van der Waals surface area contributed by atoms with Crippen LogP contribution in [-0.2, 0) is 0 Å². The molecule has 0 aromatic rings. The third kappa shape index (κ3) is 2.97. The van der Waals surface area contributed by atoms with Crippen LogP contribution in [0, 0.1) is 44.3 Å². The number of hydrogen-bond acceptors (Lipinski definition) is 3. The number of aliphatic hydroxyl groups is 3. The Bertz CT molecular complexity index is 872. The molecule has 4 fully saturated rings. The molecule has 0 aliphatic heterocycles. The SMILES string of the molecule is CC1(C)CC[C@]2(C)CC[C@]3(C)C(=C2C1)C[C@@H](O)[C@H]1[C@@]2(C)C[C@@H](O)[C@H](O)C(C)(C)[C@@H]2CC[C@]13C. The molecule has 3 N–H and O–H groups in total. The quantitative estimate of drug-likeness (QED) is 0.376. The maximum atomic E-state index is 12.0. The van der Waals surface area contributed by atoms with E-state index in [0.29, 0.717) is 23.2 Å². The van der Waals surface area contributed by atoms with E-state index in [1.54, 1.807) is 11.1 Å². The fraction of sp³-hybridized carbons (Fsp3) is 0.933. The third-order valence-corrected chi connectivity index (χ3v) is 12.8. The summed E-state index contributed by atoms with van der Waals surface area (Å²) in [4.78, 5) is 0. The first kappa shape index (κ1) is 24.3. The van der Waals surface area contributed by atoms with E-state index < -0.39 is 12.2 Å². The van der Waals surface area contributed by atoms with Crippen molar-refractivity contribution in [1.29, 1.82) is 0 Å². The first-order valence-electron chi connectivity index (χ1n) is 13.8. The molecular formula is C30H50O3. The molecule has 0 heterocycles. The Kier molecular flexibility index (Phi) is 5.07. The van der Waals surface area contributed by atoms with Crippen LogP contribution in [0.3, 0.4) is 0 Å². The average Bonchev–Trinajstić information content (AvgIpc) is 2.69. The van der Waals surface area contributed by atoms with Crippen molar-refractivity contribution in [3.63, 3.8) is 0 Å². The molecule has 0 bridgehead atoms. The summed E-state index contributed by atoms with van der Waals surface area (Å²) in [7, 11) is 0. The van der Waals surface area contributed by atoms with Gasteiger partial charge < -0.3 is 15.3 Å². The highest BCUT2D eigenvalue weighted by atomic mass is 16.3. The zero-order valence-electron chi connectivity index (χ0n) is 22.6. The summed E-state index contributed by atoms with van der Waals surface area (Å²) >= 11 is 0. The van der Waals surface area contributed by atoms with E-state index >= 15 is 0 Å². The van der Waals surface area contributed by atoms with Gasteiger partial charge in [0.15, 0.2) is 0 Å². The summed E-state index contributed by atoms with van der Waals surface area (Å²) in [5, 5.41) is 33.9. The van der Waals surface area contributed by atoms with E-state index in [2.05, 4.69) is 55.4 Å². The van der Waals surface area contributed by atoms with Crippen molar-refractivity contribution in [3.8, 4) is 0 Å². The highest BCUT2D eigenvalue weighted by molar-refractivity contribution is 5.39. The summed E-state index contributed by atoms with van der Waals surface area (Å²) < 4.78 is 0. The molecule has 0 aromatic carbocycles. The minimum Gasteiger partial charge on any atom is -0.392 e. The molecule has 0 radical (unpaired) electrons. The van der Waals surface area contributed by atoms with Crippen molar-refractivity contribution in [1.82, 2.24) is 0 Å². The van der Waals surface area contributed by atoms with Crippen LogP contribution in [0.2, 0.25) is 0 Å². The van der Waals surface area contributed by atoms with Gasteiger partial charge in [0.05, 0.1) is 18.3 Å². The lowest BCUT2D eigenvalue weighted by Gasteiger charge is -2.72. The normalized spacial score (nSPS) is 55.2. The monoisotopic (exact) mass is 458 g/mol. The van der Waals surface area contributed by atoms with Crippen LogP contribution in [0.4, 0.5) is 0 Å². The van der Waals surface area contributed by atoms with Crippen molar-refractivity contribution >= 4 is 0 Å². The minimum atomic E-state index is -0.711. The first-order valence-corrected chi connectivity index (χ1v) is 13.8. The van der Waals surface area contributed by atoms with Gasteiger partial charge in [-0.3, -0.25) is 0 Å². The summed E-state index contributed by atoms with van der Waals surface area (Å²) in [5.41, 5.74) is 3.57. The molecule has 0 unspecified atom stereocenters. The van der Waals surface area contributed by atoms with Crippen LogP contribution in [0.5, 0.6) is 0 Å². The van der Waals surface area contributed by atoms with Crippen molar-refractivity contribution in [2.75, 3.05) is 0 Å². The van der Waals surface area contributed by atoms with E-state index in [1.165, 1.54) is 32.1 Å². The zero-order valence-corrected chi connectivity index (χ0v) is 22.6. The minimum absolute atomic E-state index is 0.0132. The van der Waals surface area contributed by atoms with Gasteiger partial charge in [-0.15, -0.1) is 0 Å². The van der Waals surface area contributed by atoms with Gasteiger partial charge in [0, 0.05) is 0 Å². The molecule has 0 amide bonds. The topological polar surface area (TPSA) is 60.7 Å². The summed E-state index contributed by atoms with van der Waals surface area (Å²) in [6.07, 6.45) is 8.07. The molecule has 5 rings (SSSR count). The second-order valence-corrected chi connectivity index (χ2v) is 15.5. The predicted molar refractivity (Wildman–Crippen MR) is 134 cm³/mol. The number of hydrogen-bond donors (Lipinski definition) is 3. The molecule has 4 saturated carbocycles. The molecule has 5 aliphatic rings. The van der Waals surface area contributed by atoms with Crippen molar-refractivity contribution in [2.24, 2.45) is 44.3 Å². The lowest BCUT2D eigenvalue weighted by atomic mass is 9.33. The predicted octanol–water partition coefficient (Wildman–Crippen LogP) is 6.25. The number of aliphatic hydroxyl groups excluding tert-OH is 3. The van der Waals surface area contributed by atoms with Gasteiger partial charge in [-0.25, -0.2) is 0 Å². The Morgan fingerprint density at radius 2 is 1.36 bits per heavy atom. The van der Waals surface area contributed by atoms with E-state index in [1.807, 2.05) is 0 Å². The average molecular weight is 459 g/mol. The van der Waals surface area contributed by atoms with Crippen LogP contribution < -0.4 is 0 Å². The van der Waals surface area contributed by atoms with Gasteiger partial charge in [0.1, 0.15) is 0 Å². The zero-order chi connectivity index (χ0) is 24.4. The molecule has 5 aliphatic carbocycles. The molecule has 0 spiro atoms. The Hall–Kier alpha value is -0.380. The molecular weight excluding hydrogens is 408 g/mol. The maximum Gasteiger partial charge on any atom is 0.0852 e. The maximum absolute atomic E-state index is 12.0. The van der Waals surface area contributed by atoms with Gasteiger partial charge in [-0.2, -0.15) is 0 Å². The highest BCUT2D eigenvalue weighted by Gasteiger charge is 2.70. The number of rotatable bonds is 0. The Balaban J connectivity index is 1.64. The van der Waals surface area contributed by atoms with Crippen LogP contribution in [-0.4, -0.2) is 33.6 Å². The molecule has 3 nitrogen and oxygen atoms in total. The lowest BCUT2D eigenvalue weighted by Crippen LogP contribution is -2.69. The van der Waals surface area contributed by atoms with Crippen LogP contribution in [0.15, 0.2) is 11.1 Å².